The number of anilines is 2. The first-order chi connectivity index (χ1) is 10.2. The lowest BCUT2D eigenvalue weighted by Gasteiger charge is -2.30. The van der Waals surface area contributed by atoms with Crippen LogP contribution in [0.2, 0.25) is 0 Å². The summed E-state index contributed by atoms with van der Waals surface area (Å²) in [5.74, 6) is 0.843. The first-order valence-corrected chi connectivity index (χ1v) is 8.22. The van der Waals surface area contributed by atoms with Crippen LogP contribution < -0.4 is 15.8 Å². The zero-order chi connectivity index (χ0) is 14.7. The highest BCUT2D eigenvalue weighted by atomic mass is 16.5. The predicted molar refractivity (Wildman–Crippen MR) is 87.9 cm³/mol. The van der Waals surface area contributed by atoms with Gasteiger partial charge in [0.1, 0.15) is 5.75 Å². The number of piperidine rings is 1. The molecule has 0 spiro atoms. The van der Waals surface area contributed by atoms with Crippen molar-refractivity contribution in [1.29, 1.82) is 0 Å². The molecule has 1 saturated heterocycles. The minimum Gasteiger partial charge on any atom is -0.488 e. The van der Waals surface area contributed by atoms with E-state index in [1.54, 1.807) is 0 Å². The molecule has 0 amide bonds. The maximum Gasteiger partial charge on any atom is 0.142 e. The number of likely N-dealkylation sites (tertiary alicyclic amines) is 1. The Labute approximate surface area is 127 Å². The molecule has 3 N–H and O–H groups in total. The standard InChI is InChI=1S/C17H27N3O/c1-20-10-8-13(9-11-20)19-14-6-7-17(16(18)12-14)21-15-4-2-3-5-15/h6-7,12-13,15,19H,2-5,8-11,18H2,1H3. The summed E-state index contributed by atoms with van der Waals surface area (Å²) in [6.07, 6.45) is 7.62. The Bertz CT molecular complexity index is 463. The maximum absolute atomic E-state index is 6.15. The van der Waals surface area contributed by atoms with Gasteiger partial charge in [-0.05, 0) is 76.9 Å². The van der Waals surface area contributed by atoms with Gasteiger partial charge in [0.2, 0.25) is 0 Å². The van der Waals surface area contributed by atoms with Gasteiger partial charge < -0.3 is 20.7 Å². The van der Waals surface area contributed by atoms with Crippen LogP contribution in [0.3, 0.4) is 0 Å². The highest BCUT2D eigenvalue weighted by Gasteiger charge is 2.19. The number of nitrogens with one attached hydrogen (secondary N) is 1. The van der Waals surface area contributed by atoms with E-state index in [0.29, 0.717) is 12.1 Å². The van der Waals surface area contributed by atoms with Gasteiger partial charge in [-0.15, -0.1) is 0 Å². The first kappa shape index (κ1) is 14.5. The molecular formula is C17H27N3O. The van der Waals surface area contributed by atoms with Crippen molar-refractivity contribution in [2.45, 2.75) is 50.7 Å². The van der Waals surface area contributed by atoms with Gasteiger partial charge in [-0.3, -0.25) is 0 Å². The molecular weight excluding hydrogens is 262 g/mol. The highest BCUT2D eigenvalue weighted by molar-refractivity contribution is 5.62. The van der Waals surface area contributed by atoms with E-state index < -0.39 is 0 Å². The van der Waals surface area contributed by atoms with Crippen LogP contribution in [0.15, 0.2) is 18.2 Å². The van der Waals surface area contributed by atoms with E-state index in [1.165, 1.54) is 25.7 Å². The van der Waals surface area contributed by atoms with E-state index in [2.05, 4.69) is 23.3 Å². The quantitative estimate of drug-likeness (QED) is 0.836. The van der Waals surface area contributed by atoms with Gasteiger partial charge in [-0.25, -0.2) is 0 Å². The first-order valence-electron chi connectivity index (χ1n) is 8.22. The normalized spacial score (nSPS) is 21.6. The fourth-order valence-electron chi connectivity index (χ4n) is 3.32. The molecule has 1 aromatic carbocycles. The maximum atomic E-state index is 6.15. The van der Waals surface area contributed by atoms with Gasteiger partial charge in [-0.2, -0.15) is 0 Å². The third-order valence-corrected chi connectivity index (χ3v) is 4.69. The van der Waals surface area contributed by atoms with Crippen molar-refractivity contribution in [3.63, 3.8) is 0 Å². The molecule has 4 heteroatoms. The Morgan fingerprint density at radius 3 is 2.52 bits per heavy atom. The van der Waals surface area contributed by atoms with Crippen molar-refractivity contribution in [1.82, 2.24) is 4.90 Å². The van der Waals surface area contributed by atoms with Crippen molar-refractivity contribution in [3.05, 3.63) is 18.2 Å². The number of nitrogen functional groups attached to an aromatic ring is 1. The summed E-state index contributed by atoms with van der Waals surface area (Å²) < 4.78 is 6.01. The summed E-state index contributed by atoms with van der Waals surface area (Å²) in [6.45, 7) is 2.33. The fraction of sp³-hybridized carbons (Fsp3) is 0.647. The molecule has 2 aliphatic rings. The van der Waals surface area contributed by atoms with Crippen molar-refractivity contribution in [2.24, 2.45) is 0 Å². The fourth-order valence-corrected chi connectivity index (χ4v) is 3.32. The Balaban J connectivity index is 1.58. The summed E-state index contributed by atoms with van der Waals surface area (Å²) >= 11 is 0. The summed E-state index contributed by atoms with van der Waals surface area (Å²) in [4.78, 5) is 2.38. The SMILES string of the molecule is CN1CCC(Nc2ccc(OC3CCCC3)c(N)c2)CC1. The van der Waals surface area contributed by atoms with E-state index in [4.69, 9.17) is 10.5 Å². The van der Waals surface area contributed by atoms with Gasteiger partial charge in [0.05, 0.1) is 11.8 Å². The van der Waals surface area contributed by atoms with Crippen LogP contribution >= 0.6 is 0 Å². The summed E-state index contributed by atoms with van der Waals surface area (Å²) in [6, 6.07) is 6.69. The van der Waals surface area contributed by atoms with Crippen LogP contribution in [-0.4, -0.2) is 37.2 Å². The minimum atomic E-state index is 0.361. The molecule has 116 valence electrons. The molecule has 2 fully saturated rings. The number of nitrogens with two attached hydrogens (primary N) is 1. The van der Waals surface area contributed by atoms with Crippen molar-refractivity contribution < 1.29 is 4.74 Å². The van der Waals surface area contributed by atoms with Crippen LogP contribution in [0.5, 0.6) is 5.75 Å². The predicted octanol–water partition coefficient (Wildman–Crippen LogP) is 3.10. The molecule has 1 saturated carbocycles. The van der Waals surface area contributed by atoms with E-state index >= 15 is 0 Å². The van der Waals surface area contributed by atoms with Crippen LogP contribution in [0.4, 0.5) is 11.4 Å². The zero-order valence-electron chi connectivity index (χ0n) is 13.0. The highest BCUT2D eigenvalue weighted by Crippen LogP contribution is 2.30. The van der Waals surface area contributed by atoms with E-state index in [0.717, 1.165) is 43.1 Å². The monoisotopic (exact) mass is 289 g/mol. The summed E-state index contributed by atoms with van der Waals surface area (Å²) in [7, 11) is 2.18. The summed E-state index contributed by atoms with van der Waals surface area (Å²) in [5.41, 5.74) is 8.02. The van der Waals surface area contributed by atoms with Crippen LogP contribution in [-0.2, 0) is 0 Å². The molecule has 1 heterocycles. The molecule has 21 heavy (non-hydrogen) atoms. The van der Waals surface area contributed by atoms with Crippen LogP contribution in [0.25, 0.3) is 0 Å². The van der Waals surface area contributed by atoms with Crippen LogP contribution in [0, 0.1) is 0 Å². The van der Waals surface area contributed by atoms with Gasteiger partial charge in [0, 0.05) is 11.7 Å². The number of hydrogen-bond donors (Lipinski definition) is 2. The van der Waals surface area contributed by atoms with Gasteiger partial charge in [0.15, 0.2) is 0 Å². The molecule has 0 unspecified atom stereocenters. The lowest BCUT2D eigenvalue weighted by Crippen LogP contribution is -2.36. The topological polar surface area (TPSA) is 50.5 Å². The Kier molecular flexibility index (Phi) is 4.54. The average molecular weight is 289 g/mol. The van der Waals surface area contributed by atoms with E-state index in [1.807, 2.05) is 12.1 Å². The molecule has 4 nitrogen and oxygen atoms in total. The third kappa shape index (κ3) is 3.82. The smallest absolute Gasteiger partial charge is 0.142 e. The lowest BCUT2D eigenvalue weighted by atomic mass is 10.1. The Hall–Kier alpha value is -1.42. The minimum absolute atomic E-state index is 0.361. The van der Waals surface area contributed by atoms with Crippen molar-refractivity contribution >= 4 is 11.4 Å². The molecule has 0 aromatic heterocycles. The van der Waals surface area contributed by atoms with Crippen molar-refractivity contribution in [3.8, 4) is 5.75 Å². The molecule has 3 rings (SSSR count). The Morgan fingerprint density at radius 2 is 1.86 bits per heavy atom. The van der Waals surface area contributed by atoms with Gasteiger partial charge >= 0.3 is 0 Å². The molecule has 1 aromatic rings. The van der Waals surface area contributed by atoms with E-state index in [9.17, 15) is 0 Å². The number of benzene rings is 1. The molecule has 1 aliphatic carbocycles. The second-order valence-corrected chi connectivity index (χ2v) is 6.50. The average Bonchev–Trinajstić information content (AvgIpc) is 2.97. The second kappa shape index (κ2) is 6.56. The van der Waals surface area contributed by atoms with Crippen molar-refractivity contribution in [2.75, 3.05) is 31.2 Å². The second-order valence-electron chi connectivity index (χ2n) is 6.50. The summed E-state index contributed by atoms with van der Waals surface area (Å²) in [5, 5.41) is 3.60. The number of rotatable bonds is 4. The lowest BCUT2D eigenvalue weighted by molar-refractivity contribution is 0.211. The largest absolute Gasteiger partial charge is 0.488 e. The van der Waals surface area contributed by atoms with E-state index in [-0.39, 0.29) is 0 Å². The van der Waals surface area contributed by atoms with Gasteiger partial charge in [0.25, 0.3) is 0 Å². The third-order valence-electron chi connectivity index (χ3n) is 4.69. The van der Waals surface area contributed by atoms with Crippen LogP contribution in [0.1, 0.15) is 38.5 Å². The van der Waals surface area contributed by atoms with Gasteiger partial charge in [-0.1, -0.05) is 0 Å². The molecule has 0 bridgehead atoms. The zero-order valence-corrected chi connectivity index (χ0v) is 13.0. The molecule has 0 atom stereocenters. The molecule has 0 radical (unpaired) electrons. The number of hydrogen-bond acceptors (Lipinski definition) is 4. The molecule has 1 aliphatic heterocycles. The Morgan fingerprint density at radius 1 is 1.14 bits per heavy atom. The number of ether oxygens (including phenoxy) is 1. The number of nitrogens with zero attached hydrogens (tertiary/aromatic N) is 1.